The smallest absolute Gasteiger partial charge is 0.275 e. The first-order valence-corrected chi connectivity index (χ1v) is 8.53. The number of nitrogens with zero attached hydrogens (tertiary/aromatic N) is 2. The first-order valence-electron chi connectivity index (χ1n) is 8.15. The molecule has 1 heterocycles. The fraction of sp³-hybridized carbons (Fsp3) is 0.150. The van der Waals surface area contributed by atoms with Crippen molar-refractivity contribution in [3.05, 3.63) is 76.2 Å². The number of rotatable bonds is 4. The van der Waals surface area contributed by atoms with Gasteiger partial charge in [-0.15, -0.1) is 0 Å². The lowest BCUT2D eigenvalue weighted by molar-refractivity contribution is 0.102. The Balaban J connectivity index is 1.72. The number of halogens is 1. The SMILES string of the molecule is Cc1cc(C)cc(Nc2cnc(C(=O)Nc3cc(Cl)ccc3C)cn2)c1. The Labute approximate surface area is 157 Å². The summed E-state index contributed by atoms with van der Waals surface area (Å²) in [7, 11) is 0. The van der Waals surface area contributed by atoms with Crippen LogP contribution in [0.1, 0.15) is 27.2 Å². The van der Waals surface area contributed by atoms with Crippen molar-refractivity contribution in [2.75, 3.05) is 10.6 Å². The van der Waals surface area contributed by atoms with Crippen LogP contribution in [0, 0.1) is 20.8 Å². The van der Waals surface area contributed by atoms with Crippen molar-refractivity contribution in [2.45, 2.75) is 20.8 Å². The summed E-state index contributed by atoms with van der Waals surface area (Å²) in [6.07, 6.45) is 2.98. The van der Waals surface area contributed by atoms with Gasteiger partial charge in [-0.25, -0.2) is 9.97 Å². The highest BCUT2D eigenvalue weighted by Crippen LogP contribution is 2.21. The van der Waals surface area contributed by atoms with Gasteiger partial charge in [0.2, 0.25) is 0 Å². The molecule has 5 nitrogen and oxygen atoms in total. The third kappa shape index (κ3) is 4.37. The summed E-state index contributed by atoms with van der Waals surface area (Å²) in [4.78, 5) is 20.8. The molecule has 0 bridgehead atoms. The molecule has 0 aliphatic heterocycles. The predicted molar refractivity (Wildman–Crippen MR) is 105 cm³/mol. The number of benzene rings is 2. The second-order valence-corrected chi connectivity index (χ2v) is 6.64. The first kappa shape index (κ1) is 17.9. The monoisotopic (exact) mass is 366 g/mol. The van der Waals surface area contributed by atoms with Gasteiger partial charge in [0.05, 0.1) is 12.4 Å². The van der Waals surface area contributed by atoms with E-state index in [0.29, 0.717) is 16.5 Å². The van der Waals surface area contributed by atoms with Crippen LogP contribution >= 0.6 is 11.6 Å². The van der Waals surface area contributed by atoms with E-state index in [2.05, 4.69) is 26.7 Å². The molecule has 3 aromatic rings. The summed E-state index contributed by atoms with van der Waals surface area (Å²) >= 11 is 5.98. The summed E-state index contributed by atoms with van der Waals surface area (Å²) in [6, 6.07) is 11.5. The number of anilines is 3. The summed E-state index contributed by atoms with van der Waals surface area (Å²) in [5.41, 5.74) is 5.06. The summed E-state index contributed by atoms with van der Waals surface area (Å²) in [5, 5.41) is 6.56. The van der Waals surface area contributed by atoms with Crippen LogP contribution in [0.2, 0.25) is 5.02 Å². The minimum Gasteiger partial charge on any atom is -0.339 e. The third-order valence-electron chi connectivity index (χ3n) is 3.83. The lowest BCUT2D eigenvalue weighted by Crippen LogP contribution is -2.15. The molecular weight excluding hydrogens is 348 g/mol. The van der Waals surface area contributed by atoms with Crippen molar-refractivity contribution in [1.29, 1.82) is 0 Å². The van der Waals surface area contributed by atoms with Crippen molar-refractivity contribution in [1.82, 2.24) is 9.97 Å². The molecular formula is C20H19ClN4O. The van der Waals surface area contributed by atoms with Gasteiger partial charge in [-0.05, 0) is 61.7 Å². The standard InChI is InChI=1S/C20H19ClN4O/c1-12-6-13(2)8-16(7-12)24-19-11-22-18(10-23-19)20(26)25-17-9-15(21)5-4-14(17)3/h4-11H,1-3H3,(H,23,24)(H,25,26). The highest BCUT2D eigenvalue weighted by molar-refractivity contribution is 6.31. The maximum absolute atomic E-state index is 12.4. The molecule has 1 amide bonds. The van der Waals surface area contributed by atoms with Crippen molar-refractivity contribution < 1.29 is 4.79 Å². The summed E-state index contributed by atoms with van der Waals surface area (Å²) in [6.45, 7) is 5.97. The summed E-state index contributed by atoms with van der Waals surface area (Å²) < 4.78 is 0. The Morgan fingerprint density at radius 2 is 1.69 bits per heavy atom. The maximum Gasteiger partial charge on any atom is 0.275 e. The van der Waals surface area contributed by atoms with Crippen molar-refractivity contribution in [3.63, 3.8) is 0 Å². The van der Waals surface area contributed by atoms with Gasteiger partial charge in [0.15, 0.2) is 0 Å². The Bertz CT molecular complexity index is 934. The van der Waals surface area contributed by atoms with Gasteiger partial charge in [-0.2, -0.15) is 0 Å². The van der Waals surface area contributed by atoms with E-state index in [4.69, 9.17) is 11.6 Å². The first-order chi connectivity index (χ1) is 12.4. The molecule has 2 N–H and O–H groups in total. The minimum absolute atomic E-state index is 0.232. The normalized spacial score (nSPS) is 10.5. The number of nitrogens with one attached hydrogen (secondary N) is 2. The minimum atomic E-state index is -0.333. The van der Waals surface area contributed by atoms with E-state index in [9.17, 15) is 4.79 Å². The number of hydrogen-bond acceptors (Lipinski definition) is 4. The van der Waals surface area contributed by atoms with Crippen LogP contribution in [0.4, 0.5) is 17.2 Å². The number of hydrogen-bond donors (Lipinski definition) is 2. The molecule has 0 fully saturated rings. The average Bonchev–Trinajstić information content (AvgIpc) is 2.58. The highest BCUT2D eigenvalue weighted by Gasteiger charge is 2.10. The number of carbonyl (C=O) groups is 1. The zero-order valence-electron chi connectivity index (χ0n) is 14.8. The van der Waals surface area contributed by atoms with Crippen LogP contribution in [0.25, 0.3) is 0 Å². The fourth-order valence-corrected chi connectivity index (χ4v) is 2.79. The van der Waals surface area contributed by atoms with Gasteiger partial charge in [-0.3, -0.25) is 4.79 Å². The molecule has 0 aliphatic carbocycles. The molecule has 0 saturated heterocycles. The van der Waals surface area contributed by atoms with E-state index in [0.717, 1.165) is 22.4 Å². The Morgan fingerprint density at radius 1 is 0.962 bits per heavy atom. The lowest BCUT2D eigenvalue weighted by atomic mass is 10.1. The fourth-order valence-electron chi connectivity index (χ4n) is 2.62. The van der Waals surface area contributed by atoms with Crippen LogP contribution in [0.15, 0.2) is 48.8 Å². The van der Waals surface area contributed by atoms with Gasteiger partial charge in [0, 0.05) is 16.4 Å². The molecule has 1 aromatic heterocycles. The molecule has 132 valence electrons. The molecule has 0 spiro atoms. The van der Waals surface area contributed by atoms with Gasteiger partial charge in [0.1, 0.15) is 11.5 Å². The molecule has 0 unspecified atom stereocenters. The van der Waals surface area contributed by atoms with E-state index in [-0.39, 0.29) is 11.6 Å². The molecule has 0 saturated carbocycles. The van der Waals surface area contributed by atoms with E-state index in [1.165, 1.54) is 12.4 Å². The Morgan fingerprint density at radius 3 is 2.35 bits per heavy atom. The quantitative estimate of drug-likeness (QED) is 0.678. The highest BCUT2D eigenvalue weighted by atomic mass is 35.5. The van der Waals surface area contributed by atoms with Gasteiger partial charge in [-0.1, -0.05) is 23.7 Å². The van der Waals surface area contributed by atoms with Crippen molar-refractivity contribution in [3.8, 4) is 0 Å². The van der Waals surface area contributed by atoms with Crippen molar-refractivity contribution >= 4 is 34.7 Å². The molecule has 0 aliphatic rings. The van der Waals surface area contributed by atoms with Crippen LogP contribution in [-0.4, -0.2) is 15.9 Å². The number of amides is 1. The topological polar surface area (TPSA) is 66.9 Å². The number of aromatic nitrogens is 2. The third-order valence-corrected chi connectivity index (χ3v) is 4.06. The molecule has 6 heteroatoms. The van der Waals surface area contributed by atoms with Gasteiger partial charge in [0.25, 0.3) is 5.91 Å². The van der Waals surface area contributed by atoms with Gasteiger partial charge < -0.3 is 10.6 Å². The molecule has 0 radical (unpaired) electrons. The molecule has 3 rings (SSSR count). The van der Waals surface area contributed by atoms with E-state index in [1.807, 2.05) is 39.0 Å². The zero-order valence-corrected chi connectivity index (χ0v) is 15.6. The maximum atomic E-state index is 12.4. The number of aryl methyl sites for hydroxylation is 3. The molecule has 2 aromatic carbocycles. The van der Waals surface area contributed by atoms with Crippen LogP contribution in [-0.2, 0) is 0 Å². The van der Waals surface area contributed by atoms with Gasteiger partial charge >= 0.3 is 0 Å². The Hall–Kier alpha value is -2.92. The molecule has 0 atom stereocenters. The molecule has 26 heavy (non-hydrogen) atoms. The number of carbonyl (C=O) groups excluding carboxylic acids is 1. The Kier molecular flexibility index (Phi) is 5.19. The zero-order chi connectivity index (χ0) is 18.7. The predicted octanol–water partition coefficient (Wildman–Crippen LogP) is 5.05. The van der Waals surface area contributed by atoms with Crippen molar-refractivity contribution in [2.24, 2.45) is 0 Å². The van der Waals surface area contributed by atoms with E-state index < -0.39 is 0 Å². The van der Waals surface area contributed by atoms with Crippen LogP contribution < -0.4 is 10.6 Å². The van der Waals surface area contributed by atoms with Crippen LogP contribution in [0.3, 0.4) is 0 Å². The van der Waals surface area contributed by atoms with E-state index in [1.54, 1.807) is 12.1 Å². The summed E-state index contributed by atoms with van der Waals surface area (Å²) in [5.74, 6) is 0.242. The largest absolute Gasteiger partial charge is 0.339 e. The lowest BCUT2D eigenvalue weighted by Gasteiger charge is -2.10. The average molecular weight is 367 g/mol. The second-order valence-electron chi connectivity index (χ2n) is 6.20. The second kappa shape index (κ2) is 7.54. The van der Waals surface area contributed by atoms with E-state index >= 15 is 0 Å². The van der Waals surface area contributed by atoms with Crippen LogP contribution in [0.5, 0.6) is 0 Å².